The molecule has 0 bridgehead atoms. The van der Waals surface area contributed by atoms with Gasteiger partial charge in [-0.3, -0.25) is 0 Å². The number of benzene rings is 2. The smallest absolute Gasteiger partial charge is 0.338 e. The number of ether oxygens (including phenoxy) is 1. The van der Waals surface area contributed by atoms with Crippen LogP contribution in [0.4, 0.5) is 5.69 Å². The fraction of sp³-hybridized carbons (Fsp3) is 0.278. The van der Waals surface area contributed by atoms with Crippen LogP contribution in [0.3, 0.4) is 0 Å². The van der Waals surface area contributed by atoms with Crippen molar-refractivity contribution >= 4 is 11.7 Å². The number of hydrogen-bond acceptors (Lipinski definition) is 3. The molecule has 0 aromatic heterocycles. The summed E-state index contributed by atoms with van der Waals surface area (Å²) in [5.74, 6) is 0.296. The zero-order valence-corrected chi connectivity index (χ0v) is 12.2. The average Bonchev–Trinajstić information content (AvgIpc) is 2.48. The number of rotatable bonds is 4. The SMILES string of the molecule is CCOC(=O)c1ccc(C2CN(c3ccccc3)C2)cc1. The normalized spacial score (nSPS) is 14.6. The van der Waals surface area contributed by atoms with Gasteiger partial charge in [-0.25, -0.2) is 4.79 Å². The molecule has 1 fully saturated rings. The first kappa shape index (κ1) is 13.7. The van der Waals surface area contributed by atoms with Crippen LogP contribution >= 0.6 is 0 Å². The van der Waals surface area contributed by atoms with Crippen LogP contribution in [-0.4, -0.2) is 25.7 Å². The Hall–Kier alpha value is -2.29. The molecule has 21 heavy (non-hydrogen) atoms. The van der Waals surface area contributed by atoms with Crippen LogP contribution in [0.5, 0.6) is 0 Å². The molecular weight excluding hydrogens is 262 g/mol. The quantitative estimate of drug-likeness (QED) is 0.804. The lowest BCUT2D eigenvalue weighted by atomic mass is 9.90. The van der Waals surface area contributed by atoms with Crippen molar-refractivity contribution in [2.24, 2.45) is 0 Å². The van der Waals surface area contributed by atoms with E-state index in [9.17, 15) is 4.79 Å². The first-order chi connectivity index (χ1) is 10.3. The van der Waals surface area contributed by atoms with E-state index in [-0.39, 0.29) is 5.97 Å². The lowest BCUT2D eigenvalue weighted by Crippen LogP contribution is -2.45. The third kappa shape index (κ3) is 2.92. The Balaban J connectivity index is 1.61. The highest BCUT2D eigenvalue weighted by molar-refractivity contribution is 5.89. The summed E-state index contributed by atoms with van der Waals surface area (Å²) in [6, 6.07) is 18.2. The average molecular weight is 281 g/mol. The standard InChI is InChI=1S/C18H19NO2/c1-2-21-18(20)15-10-8-14(9-11-15)16-12-19(13-16)17-6-4-3-5-7-17/h3-11,16H,2,12-13H2,1H3. The molecule has 0 amide bonds. The van der Waals surface area contributed by atoms with Crippen molar-refractivity contribution in [3.05, 3.63) is 65.7 Å². The van der Waals surface area contributed by atoms with Crippen molar-refractivity contribution in [3.63, 3.8) is 0 Å². The van der Waals surface area contributed by atoms with E-state index in [0.29, 0.717) is 18.1 Å². The summed E-state index contributed by atoms with van der Waals surface area (Å²) in [5, 5.41) is 0. The lowest BCUT2D eigenvalue weighted by molar-refractivity contribution is 0.0526. The van der Waals surface area contributed by atoms with E-state index in [4.69, 9.17) is 4.74 Å². The summed E-state index contributed by atoms with van der Waals surface area (Å²) >= 11 is 0. The van der Waals surface area contributed by atoms with Gasteiger partial charge >= 0.3 is 5.97 Å². The summed E-state index contributed by atoms with van der Waals surface area (Å²) in [5.41, 5.74) is 3.19. The summed E-state index contributed by atoms with van der Waals surface area (Å²) < 4.78 is 5.00. The second kappa shape index (κ2) is 6.00. The maximum atomic E-state index is 11.6. The van der Waals surface area contributed by atoms with Crippen molar-refractivity contribution in [1.29, 1.82) is 0 Å². The lowest BCUT2D eigenvalue weighted by Gasteiger charge is -2.41. The second-order valence-corrected chi connectivity index (χ2v) is 5.28. The molecule has 0 spiro atoms. The first-order valence-corrected chi connectivity index (χ1v) is 7.35. The molecule has 2 aromatic rings. The van der Waals surface area contributed by atoms with Crippen molar-refractivity contribution in [1.82, 2.24) is 0 Å². The minimum atomic E-state index is -0.247. The minimum absolute atomic E-state index is 0.247. The van der Waals surface area contributed by atoms with Crippen LogP contribution in [0.2, 0.25) is 0 Å². The van der Waals surface area contributed by atoms with E-state index in [1.54, 1.807) is 0 Å². The summed E-state index contributed by atoms with van der Waals surface area (Å²) in [7, 11) is 0. The molecule has 2 aromatic carbocycles. The molecule has 0 atom stereocenters. The molecule has 0 N–H and O–H groups in total. The predicted molar refractivity (Wildman–Crippen MR) is 83.8 cm³/mol. The largest absolute Gasteiger partial charge is 0.462 e. The third-order valence-electron chi connectivity index (χ3n) is 3.90. The van der Waals surface area contributed by atoms with Crippen molar-refractivity contribution in [2.75, 3.05) is 24.6 Å². The highest BCUT2D eigenvalue weighted by Crippen LogP contribution is 2.31. The molecule has 1 aliphatic heterocycles. The molecule has 1 heterocycles. The Labute approximate surface area is 125 Å². The highest BCUT2D eigenvalue weighted by Gasteiger charge is 2.28. The van der Waals surface area contributed by atoms with E-state index in [2.05, 4.69) is 29.2 Å². The number of hydrogen-bond donors (Lipinski definition) is 0. The van der Waals surface area contributed by atoms with Gasteiger partial charge in [0.05, 0.1) is 12.2 Å². The Morgan fingerprint density at radius 2 is 1.76 bits per heavy atom. The summed E-state index contributed by atoms with van der Waals surface area (Å²) in [6.07, 6.45) is 0. The number of nitrogens with zero attached hydrogens (tertiary/aromatic N) is 1. The van der Waals surface area contributed by atoms with Gasteiger partial charge in [0.2, 0.25) is 0 Å². The topological polar surface area (TPSA) is 29.5 Å². The Kier molecular flexibility index (Phi) is 3.91. The van der Waals surface area contributed by atoms with Crippen LogP contribution in [0.15, 0.2) is 54.6 Å². The number of carbonyl (C=O) groups is 1. The summed E-state index contributed by atoms with van der Waals surface area (Å²) in [6.45, 7) is 4.29. The van der Waals surface area contributed by atoms with Gasteiger partial charge in [-0.15, -0.1) is 0 Å². The fourth-order valence-electron chi connectivity index (χ4n) is 2.64. The van der Waals surface area contributed by atoms with E-state index in [1.807, 2.05) is 37.3 Å². The number of carbonyl (C=O) groups excluding carboxylic acids is 1. The van der Waals surface area contributed by atoms with Gasteiger partial charge in [-0.1, -0.05) is 30.3 Å². The minimum Gasteiger partial charge on any atom is -0.462 e. The van der Waals surface area contributed by atoms with Crippen LogP contribution in [-0.2, 0) is 4.74 Å². The van der Waals surface area contributed by atoms with E-state index < -0.39 is 0 Å². The molecule has 0 saturated carbocycles. The third-order valence-corrected chi connectivity index (χ3v) is 3.90. The molecule has 0 aliphatic carbocycles. The Morgan fingerprint density at radius 3 is 2.38 bits per heavy atom. The zero-order valence-electron chi connectivity index (χ0n) is 12.2. The number of esters is 1. The van der Waals surface area contributed by atoms with Gasteiger partial charge in [0.1, 0.15) is 0 Å². The van der Waals surface area contributed by atoms with Crippen molar-refractivity contribution < 1.29 is 9.53 Å². The Bertz CT molecular complexity index is 601. The maximum absolute atomic E-state index is 11.6. The molecule has 3 nitrogen and oxygen atoms in total. The predicted octanol–water partition coefficient (Wildman–Crippen LogP) is 3.47. The highest BCUT2D eigenvalue weighted by atomic mass is 16.5. The van der Waals surface area contributed by atoms with E-state index >= 15 is 0 Å². The molecule has 1 saturated heterocycles. The van der Waals surface area contributed by atoms with Gasteiger partial charge in [0.15, 0.2) is 0 Å². The van der Waals surface area contributed by atoms with Gasteiger partial charge in [0, 0.05) is 24.7 Å². The molecule has 0 radical (unpaired) electrons. The van der Waals surface area contributed by atoms with E-state index in [1.165, 1.54) is 11.3 Å². The Morgan fingerprint density at radius 1 is 1.10 bits per heavy atom. The van der Waals surface area contributed by atoms with Crippen molar-refractivity contribution in [2.45, 2.75) is 12.8 Å². The van der Waals surface area contributed by atoms with Crippen LogP contribution in [0.1, 0.15) is 28.8 Å². The van der Waals surface area contributed by atoms with Gasteiger partial charge in [-0.2, -0.15) is 0 Å². The molecule has 0 unspecified atom stereocenters. The molecule has 1 aliphatic rings. The maximum Gasteiger partial charge on any atom is 0.338 e. The number of anilines is 1. The first-order valence-electron chi connectivity index (χ1n) is 7.35. The van der Waals surface area contributed by atoms with Crippen LogP contribution in [0.25, 0.3) is 0 Å². The molecular formula is C18H19NO2. The monoisotopic (exact) mass is 281 g/mol. The molecule has 108 valence electrons. The van der Waals surface area contributed by atoms with Gasteiger partial charge in [0.25, 0.3) is 0 Å². The van der Waals surface area contributed by atoms with Crippen molar-refractivity contribution in [3.8, 4) is 0 Å². The fourth-order valence-corrected chi connectivity index (χ4v) is 2.64. The molecule has 3 heteroatoms. The van der Waals surface area contributed by atoms with Crippen LogP contribution in [0, 0.1) is 0 Å². The van der Waals surface area contributed by atoms with E-state index in [0.717, 1.165) is 13.1 Å². The summed E-state index contributed by atoms with van der Waals surface area (Å²) in [4.78, 5) is 14.0. The van der Waals surface area contributed by atoms with Gasteiger partial charge < -0.3 is 9.64 Å². The number of para-hydroxylation sites is 1. The van der Waals surface area contributed by atoms with Gasteiger partial charge in [-0.05, 0) is 36.8 Å². The zero-order chi connectivity index (χ0) is 14.7. The molecule has 3 rings (SSSR count). The second-order valence-electron chi connectivity index (χ2n) is 5.28. The van der Waals surface area contributed by atoms with Crippen LogP contribution < -0.4 is 4.90 Å².